The molecule has 2 unspecified atom stereocenters. The van der Waals surface area contributed by atoms with E-state index in [1.54, 1.807) is 0 Å². The summed E-state index contributed by atoms with van der Waals surface area (Å²) in [5.74, 6) is 1.81. The third-order valence-corrected chi connectivity index (χ3v) is 3.86. The van der Waals surface area contributed by atoms with Crippen LogP contribution in [-0.4, -0.2) is 24.3 Å². The Morgan fingerprint density at radius 2 is 2.00 bits per heavy atom. The molecule has 0 aliphatic heterocycles. The molecule has 1 saturated carbocycles. The topological polar surface area (TPSA) is 32.3 Å². The van der Waals surface area contributed by atoms with Crippen molar-refractivity contribution < 1.29 is 5.11 Å². The van der Waals surface area contributed by atoms with Gasteiger partial charge in [0, 0.05) is 12.6 Å². The number of hydrogen-bond acceptors (Lipinski definition) is 2. The van der Waals surface area contributed by atoms with Crippen molar-refractivity contribution in [2.75, 3.05) is 13.2 Å². The molecule has 2 atom stereocenters. The second kappa shape index (κ2) is 8.93. The van der Waals surface area contributed by atoms with E-state index in [-0.39, 0.29) is 0 Å². The molecular formula is C15H31NO. The van der Waals surface area contributed by atoms with Crippen LogP contribution in [0.3, 0.4) is 0 Å². The van der Waals surface area contributed by atoms with Gasteiger partial charge in [0.2, 0.25) is 0 Å². The molecule has 0 aromatic heterocycles. The van der Waals surface area contributed by atoms with Crippen LogP contribution in [0, 0.1) is 11.8 Å². The fourth-order valence-electron chi connectivity index (χ4n) is 3.08. The first kappa shape index (κ1) is 15.0. The summed E-state index contributed by atoms with van der Waals surface area (Å²) in [4.78, 5) is 0. The van der Waals surface area contributed by atoms with Gasteiger partial charge in [0.1, 0.15) is 0 Å². The summed E-state index contributed by atoms with van der Waals surface area (Å²) >= 11 is 0. The molecule has 0 heterocycles. The first-order valence-corrected chi connectivity index (χ1v) is 7.56. The van der Waals surface area contributed by atoms with Crippen LogP contribution in [0.1, 0.15) is 65.2 Å². The molecule has 2 heteroatoms. The molecule has 0 amide bonds. The zero-order chi connectivity index (χ0) is 12.5. The van der Waals surface area contributed by atoms with Gasteiger partial charge < -0.3 is 10.4 Å². The lowest BCUT2D eigenvalue weighted by Crippen LogP contribution is -2.35. The van der Waals surface area contributed by atoms with Crippen LogP contribution in [0.25, 0.3) is 0 Å². The van der Waals surface area contributed by atoms with Crippen LogP contribution >= 0.6 is 0 Å². The number of nitrogens with one attached hydrogen (secondary N) is 1. The van der Waals surface area contributed by atoms with Crippen LogP contribution < -0.4 is 5.32 Å². The van der Waals surface area contributed by atoms with Crippen molar-refractivity contribution in [2.45, 2.75) is 71.3 Å². The Balaban J connectivity index is 2.08. The molecule has 17 heavy (non-hydrogen) atoms. The molecule has 1 aliphatic carbocycles. The first-order chi connectivity index (χ1) is 8.22. The maximum atomic E-state index is 8.71. The van der Waals surface area contributed by atoms with Gasteiger partial charge in [0.05, 0.1) is 0 Å². The van der Waals surface area contributed by atoms with Crippen molar-refractivity contribution in [1.82, 2.24) is 5.32 Å². The summed E-state index contributed by atoms with van der Waals surface area (Å²) in [6, 6.07) is 0.765. The highest BCUT2D eigenvalue weighted by Gasteiger charge is 2.21. The third kappa shape index (κ3) is 7.05. The molecule has 0 saturated heterocycles. The molecule has 0 spiro atoms. The Labute approximate surface area is 107 Å². The van der Waals surface area contributed by atoms with Gasteiger partial charge in [-0.3, -0.25) is 0 Å². The van der Waals surface area contributed by atoms with Crippen LogP contribution in [0.2, 0.25) is 0 Å². The minimum atomic E-state index is 0.347. The predicted octanol–water partition coefficient (Wildman–Crippen LogP) is 3.34. The average molecular weight is 241 g/mol. The lowest BCUT2D eigenvalue weighted by atomic mass is 9.81. The van der Waals surface area contributed by atoms with Gasteiger partial charge in [0.15, 0.2) is 0 Å². The minimum Gasteiger partial charge on any atom is -0.396 e. The molecule has 0 aromatic carbocycles. The van der Waals surface area contributed by atoms with E-state index in [0.29, 0.717) is 6.61 Å². The second-order valence-electron chi connectivity index (χ2n) is 6.10. The summed E-state index contributed by atoms with van der Waals surface area (Å²) in [6.45, 7) is 6.16. The average Bonchev–Trinajstić information content (AvgIpc) is 2.28. The summed E-state index contributed by atoms with van der Waals surface area (Å²) < 4.78 is 0. The third-order valence-electron chi connectivity index (χ3n) is 3.86. The molecular weight excluding hydrogens is 210 g/mol. The van der Waals surface area contributed by atoms with Crippen molar-refractivity contribution in [3.8, 4) is 0 Å². The van der Waals surface area contributed by atoms with Gasteiger partial charge in [-0.2, -0.15) is 0 Å². The Hall–Kier alpha value is -0.0800. The zero-order valence-corrected chi connectivity index (χ0v) is 11.8. The molecule has 1 fully saturated rings. The molecule has 0 radical (unpaired) electrons. The van der Waals surface area contributed by atoms with E-state index in [4.69, 9.17) is 5.11 Å². The molecule has 1 rings (SSSR count). The fraction of sp³-hybridized carbons (Fsp3) is 1.00. The molecule has 2 N–H and O–H groups in total. The van der Waals surface area contributed by atoms with Crippen LogP contribution in [0.15, 0.2) is 0 Å². The standard InChI is InChI=1S/C15H31NO/c1-13(2)11-14-7-6-8-15(12-14)16-9-4-3-5-10-17/h13-17H,3-12H2,1-2H3. The van der Waals surface area contributed by atoms with Crippen molar-refractivity contribution in [3.05, 3.63) is 0 Å². The van der Waals surface area contributed by atoms with Gasteiger partial charge in [0.25, 0.3) is 0 Å². The Bertz CT molecular complexity index is 182. The first-order valence-electron chi connectivity index (χ1n) is 7.56. The summed E-state index contributed by atoms with van der Waals surface area (Å²) in [6.07, 6.45) is 10.3. The second-order valence-corrected chi connectivity index (χ2v) is 6.10. The van der Waals surface area contributed by atoms with Gasteiger partial charge in [-0.1, -0.05) is 26.7 Å². The highest BCUT2D eigenvalue weighted by molar-refractivity contribution is 4.78. The number of aliphatic hydroxyl groups excluding tert-OH is 1. The van der Waals surface area contributed by atoms with Crippen molar-refractivity contribution in [3.63, 3.8) is 0 Å². The lowest BCUT2D eigenvalue weighted by Gasteiger charge is -2.31. The monoisotopic (exact) mass is 241 g/mol. The van der Waals surface area contributed by atoms with Crippen molar-refractivity contribution >= 4 is 0 Å². The summed E-state index contributed by atoms with van der Waals surface area (Å²) in [5, 5.41) is 12.4. The van der Waals surface area contributed by atoms with E-state index in [2.05, 4.69) is 19.2 Å². The van der Waals surface area contributed by atoms with E-state index in [1.165, 1.54) is 38.5 Å². The van der Waals surface area contributed by atoms with E-state index in [9.17, 15) is 0 Å². The van der Waals surface area contributed by atoms with E-state index in [0.717, 1.165) is 37.3 Å². The van der Waals surface area contributed by atoms with Gasteiger partial charge in [-0.25, -0.2) is 0 Å². The van der Waals surface area contributed by atoms with E-state index < -0.39 is 0 Å². The van der Waals surface area contributed by atoms with Gasteiger partial charge in [-0.15, -0.1) is 0 Å². The van der Waals surface area contributed by atoms with Crippen molar-refractivity contribution in [2.24, 2.45) is 11.8 Å². The highest BCUT2D eigenvalue weighted by Crippen LogP contribution is 2.29. The predicted molar refractivity (Wildman–Crippen MR) is 74.1 cm³/mol. The van der Waals surface area contributed by atoms with Crippen LogP contribution in [-0.2, 0) is 0 Å². The van der Waals surface area contributed by atoms with Crippen LogP contribution in [0.5, 0.6) is 0 Å². The number of aliphatic hydroxyl groups is 1. The molecule has 1 aliphatic rings. The summed E-state index contributed by atoms with van der Waals surface area (Å²) in [7, 11) is 0. The van der Waals surface area contributed by atoms with Crippen molar-refractivity contribution in [1.29, 1.82) is 0 Å². The zero-order valence-electron chi connectivity index (χ0n) is 11.8. The molecule has 102 valence electrons. The van der Waals surface area contributed by atoms with Gasteiger partial charge in [-0.05, 0) is 56.9 Å². The fourth-order valence-corrected chi connectivity index (χ4v) is 3.08. The highest BCUT2D eigenvalue weighted by atomic mass is 16.2. The van der Waals surface area contributed by atoms with E-state index >= 15 is 0 Å². The Kier molecular flexibility index (Phi) is 7.87. The largest absolute Gasteiger partial charge is 0.396 e. The minimum absolute atomic E-state index is 0.347. The molecule has 2 nitrogen and oxygen atoms in total. The number of rotatable bonds is 8. The summed E-state index contributed by atoms with van der Waals surface area (Å²) in [5.41, 5.74) is 0. The van der Waals surface area contributed by atoms with Gasteiger partial charge >= 0.3 is 0 Å². The smallest absolute Gasteiger partial charge is 0.0431 e. The molecule has 0 bridgehead atoms. The Morgan fingerprint density at radius 3 is 2.71 bits per heavy atom. The van der Waals surface area contributed by atoms with Crippen LogP contribution in [0.4, 0.5) is 0 Å². The number of unbranched alkanes of at least 4 members (excludes halogenated alkanes) is 2. The molecule has 0 aromatic rings. The quantitative estimate of drug-likeness (QED) is 0.639. The maximum Gasteiger partial charge on any atom is 0.0431 e. The van der Waals surface area contributed by atoms with E-state index in [1.807, 2.05) is 0 Å². The lowest BCUT2D eigenvalue weighted by molar-refractivity contribution is 0.250. The normalized spacial score (nSPS) is 25.4. The SMILES string of the molecule is CC(C)CC1CCCC(NCCCCCO)C1. The Morgan fingerprint density at radius 1 is 1.18 bits per heavy atom. The maximum absolute atomic E-state index is 8.71. The number of hydrogen-bond donors (Lipinski definition) is 2.